The van der Waals surface area contributed by atoms with Gasteiger partial charge in [-0.15, -0.1) is 0 Å². The molecule has 4 rings (SSSR count). The van der Waals surface area contributed by atoms with Gasteiger partial charge < -0.3 is 0 Å². The topological polar surface area (TPSA) is 0 Å². The Hall–Kier alpha value is -2.64. The fourth-order valence-corrected chi connectivity index (χ4v) is 10.2. The molecule has 0 aliphatic heterocycles. The lowest BCUT2D eigenvalue weighted by Gasteiger charge is -2.38. The fraction of sp³-hybridized carbons (Fsp3) is 0.333. The zero-order chi connectivity index (χ0) is 24.3. The second-order valence-corrected chi connectivity index (χ2v) is 15.8. The van der Waals surface area contributed by atoms with Gasteiger partial charge in [-0.25, -0.2) is 0 Å². The van der Waals surface area contributed by atoms with Gasteiger partial charge in [0, 0.05) is 0 Å². The van der Waals surface area contributed by atoms with E-state index in [1.807, 2.05) is 0 Å². The van der Waals surface area contributed by atoms with Crippen molar-refractivity contribution in [3.63, 3.8) is 0 Å². The van der Waals surface area contributed by atoms with Gasteiger partial charge in [0.15, 0.2) is 0 Å². The highest BCUT2D eigenvalue weighted by atomic mass is 28.3. The number of aryl methyl sites for hydroxylation is 3. The van der Waals surface area contributed by atoms with Crippen molar-refractivity contribution in [2.24, 2.45) is 0 Å². The molecule has 1 atom stereocenters. The molecule has 3 aromatic rings. The molecule has 0 spiro atoms. The Morgan fingerprint density at radius 2 is 1.06 bits per heavy atom. The summed E-state index contributed by atoms with van der Waals surface area (Å²) in [5.41, 5.74) is 9.70. The van der Waals surface area contributed by atoms with Crippen LogP contribution in [0.25, 0.3) is 0 Å². The number of benzene rings is 3. The first-order valence-corrected chi connectivity index (χ1v) is 15.7. The highest BCUT2D eigenvalue weighted by Gasteiger charge is 2.43. The van der Waals surface area contributed by atoms with Gasteiger partial charge in [-0.1, -0.05) is 147 Å². The van der Waals surface area contributed by atoms with E-state index >= 15 is 0 Å². The Morgan fingerprint density at radius 3 is 1.41 bits per heavy atom. The molecule has 3 aromatic carbocycles. The van der Waals surface area contributed by atoms with E-state index < -0.39 is 8.07 Å². The summed E-state index contributed by atoms with van der Waals surface area (Å²) < 4.78 is 0. The molecule has 0 nitrogen and oxygen atoms in total. The minimum atomic E-state index is -1.40. The maximum Gasteiger partial charge on any atom is 0.0698 e. The predicted octanol–water partition coefficient (Wildman–Crippen LogP) is 9.32. The van der Waals surface area contributed by atoms with Crippen LogP contribution >= 0.6 is 0 Å². The first kappa shape index (κ1) is 24.5. The Labute approximate surface area is 208 Å². The fourth-order valence-electron chi connectivity index (χ4n) is 6.23. The van der Waals surface area contributed by atoms with Crippen molar-refractivity contribution in [2.75, 3.05) is 0 Å². The average Bonchev–Trinajstić information content (AvgIpc) is 3.32. The largest absolute Gasteiger partial charge is 0.0800 e. The lowest BCUT2D eigenvalue weighted by atomic mass is 9.64. The third-order valence-electron chi connectivity index (χ3n) is 8.45. The van der Waals surface area contributed by atoms with Crippen LogP contribution in [0.4, 0.5) is 0 Å². The van der Waals surface area contributed by atoms with Gasteiger partial charge in [0.2, 0.25) is 0 Å². The van der Waals surface area contributed by atoms with E-state index in [9.17, 15) is 0 Å². The minimum absolute atomic E-state index is 0.329. The Morgan fingerprint density at radius 1 is 0.647 bits per heavy atom. The average molecular weight is 465 g/mol. The molecule has 1 unspecified atom stereocenters. The smallest absolute Gasteiger partial charge is 0.0698 e. The molecule has 1 heteroatoms. The molecule has 0 aromatic heterocycles. The number of hydrogen-bond donors (Lipinski definition) is 0. The van der Waals surface area contributed by atoms with E-state index in [1.165, 1.54) is 57.1 Å². The molecule has 0 amide bonds. The zero-order valence-corrected chi connectivity index (χ0v) is 22.9. The summed E-state index contributed by atoms with van der Waals surface area (Å²) in [4.78, 5) is 0. The maximum absolute atomic E-state index is 2.66. The van der Waals surface area contributed by atoms with Gasteiger partial charge in [0.05, 0.1) is 13.5 Å². The molecular formula is C33H40Si. The molecule has 0 N–H and O–H groups in total. The summed E-state index contributed by atoms with van der Waals surface area (Å²) in [6.07, 6.45) is 7.68. The van der Waals surface area contributed by atoms with Crippen LogP contribution in [0.15, 0.2) is 96.6 Å². The van der Waals surface area contributed by atoms with Crippen LogP contribution in [0, 0.1) is 20.8 Å². The quantitative estimate of drug-likeness (QED) is 0.230. The van der Waals surface area contributed by atoms with Gasteiger partial charge in [0.1, 0.15) is 0 Å². The third kappa shape index (κ3) is 4.16. The van der Waals surface area contributed by atoms with Crippen LogP contribution in [0.1, 0.15) is 54.2 Å². The predicted molar refractivity (Wildman–Crippen MR) is 152 cm³/mol. The Kier molecular flexibility index (Phi) is 7.14. The van der Waals surface area contributed by atoms with Gasteiger partial charge in [-0.05, 0) is 48.6 Å². The van der Waals surface area contributed by atoms with Crippen molar-refractivity contribution >= 4 is 8.07 Å². The highest BCUT2D eigenvalue weighted by molar-refractivity contribution is 6.82. The second-order valence-electron chi connectivity index (χ2n) is 10.3. The van der Waals surface area contributed by atoms with Crippen LogP contribution in [0.2, 0.25) is 23.7 Å². The lowest BCUT2D eigenvalue weighted by molar-refractivity contribution is 0.741. The molecule has 0 fully saturated rings. The molecule has 0 saturated heterocycles. The molecule has 0 saturated carbocycles. The third-order valence-corrected chi connectivity index (χ3v) is 14.4. The number of hydrogen-bond acceptors (Lipinski definition) is 0. The van der Waals surface area contributed by atoms with Crippen molar-refractivity contribution in [2.45, 2.75) is 70.6 Å². The van der Waals surface area contributed by atoms with Gasteiger partial charge in [-0.3, -0.25) is 0 Å². The molecular weight excluding hydrogens is 424 g/mol. The molecule has 1 aliphatic carbocycles. The number of rotatable bonds is 8. The summed E-state index contributed by atoms with van der Waals surface area (Å²) in [5, 5.41) is 0. The van der Waals surface area contributed by atoms with Crippen LogP contribution in [-0.2, 0) is 5.41 Å². The molecule has 0 heterocycles. The molecule has 0 bridgehead atoms. The minimum Gasteiger partial charge on any atom is -0.0800 e. The van der Waals surface area contributed by atoms with Crippen molar-refractivity contribution in [1.29, 1.82) is 0 Å². The first-order chi connectivity index (χ1) is 16.4. The normalized spacial score (nSPS) is 16.1. The van der Waals surface area contributed by atoms with Crippen molar-refractivity contribution < 1.29 is 0 Å². The van der Waals surface area contributed by atoms with Crippen molar-refractivity contribution in [1.82, 2.24) is 0 Å². The monoisotopic (exact) mass is 464 g/mol. The highest BCUT2D eigenvalue weighted by Crippen LogP contribution is 2.51. The SMILES string of the molecule is CC[Si](CC)(CC)C1C=CC(C(c2cccc(C)c2)(c2cccc(C)c2)c2cccc(C)c2)=C1. The molecule has 34 heavy (non-hydrogen) atoms. The lowest BCUT2D eigenvalue weighted by Crippen LogP contribution is -2.36. The van der Waals surface area contributed by atoms with E-state index in [0.29, 0.717) is 5.54 Å². The summed E-state index contributed by atoms with van der Waals surface area (Å²) in [5.74, 6) is 0. The van der Waals surface area contributed by atoms with Crippen LogP contribution < -0.4 is 0 Å². The summed E-state index contributed by atoms with van der Waals surface area (Å²) >= 11 is 0. The van der Waals surface area contributed by atoms with Crippen LogP contribution in [-0.4, -0.2) is 8.07 Å². The van der Waals surface area contributed by atoms with E-state index in [0.717, 1.165) is 0 Å². The van der Waals surface area contributed by atoms with E-state index in [1.54, 1.807) is 0 Å². The van der Waals surface area contributed by atoms with E-state index in [4.69, 9.17) is 0 Å². The van der Waals surface area contributed by atoms with Gasteiger partial charge >= 0.3 is 0 Å². The summed E-state index contributed by atoms with van der Waals surface area (Å²) in [6, 6.07) is 31.5. The van der Waals surface area contributed by atoms with Crippen molar-refractivity contribution in [3.8, 4) is 0 Å². The van der Waals surface area contributed by atoms with Crippen molar-refractivity contribution in [3.05, 3.63) is 130 Å². The van der Waals surface area contributed by atoms with Gasteiger partial charge in [-0.2, -0.15) is 0 Å². The number of allylic oxidation sites excluding steroid dienone is 4. The molecule has 0 radical (unpaired) electrons. The Bertz CT molecular complexity index is 1090. The molecule has 1 aliphatic rings. The Balaban J connectivity index is 2.08. The van der Waals surface area contributed by atoms with E-state index in [-0.39, 0.29) is 5.41 Å². The summed E-state index contributed by atoms with van der Waals surface area (Å²) in [6.45, 7) is 13.9. The van der Waals surface area contributed by atoms with Gasteiger partial charge in [0.25, 0.3) is 0 Å². The first-order valence-electron chi connectivity index (χ1n) is 13.0. The van der Waals surface area contributed by atoms with E-state index in [2.05, 4.69) is 133 Å². The van der Waals surface area contributed by atoms with Crippen LogP contribution in [0.5, 0.6) is 0 Å². The standard InChI is InChI=1S/C33H40Si/c1-7-34(8-2,9-3)32-20-19-31(24-32)33(28-16-10-13-25(4)21-28,29-17-11-14-26(5)22-29)30-18-12-15-27(6)23-30/h10-24,32H,7-9H2,1-6H3. The maximum atomic E-state index is 2.66. The second kappa shape index (κ2) is 9.92. The summed E-state index contributed by atoms with van der Waals surface area (Å²) in [7, 11) is -1.40. The van der Waals surface area contributed by atoms with Crippen LogP contribution in [0.3, 0.4) is 0 Å². The zero-order valence-electron chi connectivity index (χ0n) is 21.9. The molecule has 176 valence electrons.